The summed E-state index contributed by atoms with van der Waals surface area (Å²) in [6.45, 7) is 7.42. The lowest BCUT2D eigenvalue weighted by atomic mass is 10.1. The molecule has 2 rings (SSSR count). The molecule has 94 valence electrons. The van der Waals surface area contributed by atoms with Gasteiger partial charge in [0.2, 0.25) is 0 Å². The highest BCUT2D eigenvalue weighted by molar-refractivity contribution is 5.66. The minimum Gasteiger partial charge on any atom is -0.506 e. The third kappa shape index (κ3) is 2.91. The molecule has 0 radical (unpaired) electrons. The van der Waals surface area contributed by atoms with Crippen LogP contribution in [0.5, 0.6) is 5.75 Å². The van der Waals surface area contributed by atoms with Gasteiger partial charge in [-0.05, 0) is 31.0 Å². The number of para-hydroxylation sites is 1. The normalized spacial score (nSPS) is 14.4. The van der Waals surface area contributed by atoms with Crippen molar-refractivity contribution in [3.05, 3.63) is 23.8 Å². The Hall–Kier alpha value is -1.22. The lowest BCUT2D eigenvalue weighted by Gasteiger charge is -2.20. The molecule has 1 aromatic rings. The van der Waals surface area contributed by atoms with Gasteiger partial charge in [-0.3, -0.25) is 0 Å². The number of nitrogens with one attached hydrogen (secondary N) is 1. The average molecular weight is 234 g/mol. The average Bonchev–Trinajstić information content (AvgIpc) is 2.69. The molecule has 1 heterocycles. The smallest absolute Gasteiger partial charge is 0.139 e. The van der Waals surface area contributed by atoms with Crippen molar-refractivity contribution in [1.82, 2.24) is 5.32 Å². The first-order chi connectivity index (χ1) is 8.18. The summed E-state index contributed by atoms with van der Waals surface area (Å²) in [7, 11) is 0. The Morgan fingerprint density at radius 1 is 1.41 bits per heavy atom. The van der Waals surface area contributed by atoms with Crippen LogP contribution in [0.3, 0.4) is 0 Å². The van der Waals surface area contributed by atoms with Crippen molar-refractivity contribution in [2.45, 2.75) is 32.7 Å². The van der Waals surface area contributed by atoms with Crippen molar-refractivity contribution >= 4 is 5.69 Å². The zero-order chi connectivity index (χ0) is 12.3. The molecule has 1 aliphatic rings. The summed E-state index contributed by atoms with van der Waals surface area (Å²) in [4.78, 5) is 2.30. The van der Waals surface area contributed by atoms with E-state index in [2.05, 4.69) is 30.1 Å². The largest absolute Gasteiger partial charge is 0.506 e. The molecule has 17 heavy (non-hydrogen) atoms. The van der Waals surface area contributed by atoms with E-state index in [1.54, 1.807) is 6.07 Å². The summed E-state index contributed by atoms with van der Waals surface area (Å²) >= 11 is 0. The molecule has 0 atom stereocenters. The van der Waals surface area contributed by atoms with Crippen LogP contribution >= 0.6 is 0 Å². The van der Waals surface area contributed by atoms with Gasteiger partial charge in [0.05, 0.1) is 5.69 Å². The minimum atomic E-state index is 0.428. The lowest BCUT2D eigenvalue weighted by molar-refractivity contribution is 0.474. The number of rotatable bonds is 5. The highest BCUT2D eigenvalue weighted by atomic mass is 16.3. The number of phenols is 1. The molecule has 3 heteroatoms. The molecule has 0 unspecified atom stereocenters. The molecule has 0 saturated heterocycles. The van der Waals surface area contributed by atoms with Crippen LogP contribution in [0.25, 0.3) is 0 Å². The second-order valence-corrected chi connectivity index (χ2v) is 4.98. The van der Waals surface area contributed by atoms with Gasteiger partial charge in [-0.2, -0.15) is 0 Å². The van der Waals surface area contributed by atoms with Crippen LogP contribution in [-0.4, -0.2) is 30.8 Å². The van der Waals surface area contributed by atoms with Crippen molar-refractivity contribution in [2.24, 2.45) is 0 Å². The van der Waals surface area contributed by atoms with E-state index in [1.807, 2.05) is 6.07 Å². The molecular formula is C14H22N2O. The van der Waals surface area contributed by atoms with Gasteiger partial charge >= 0.3 is 0 Å². The second kappa shape index (κ2) is 5.41. The standard InChI is InChI=1S/C14H22N2O/c1-11(2)15-8-4-9-16-10-7-12-5-3-6-13(17)14(12)16/h3,5-6,11,15,17H,4,7-10H2,1-2H3. The molecule has 2 N–H and O–H groups in total. The second-order valence-electron chi connectivity index (χ2n) is 4.98. The molecular weight excluding hydrogens is 212 g/mol. The highest BCUT2D eigenvalue weighted by Gasteiger charge is 2.21. The van der Waals surface area contributed by atoms with Crippen molar-refractivity contribution < 1.29 is 5.11 Å². The van der Waals surface area contributed by atoms with E-state index in [1.165, 1.54) is 5.56 Å². The number of benzene rings is 1. The van der Waals surface area contributed by atoms with Crippen LogP contribution in [0.4, 0.5) is 5.69 Å². The molecule has 3 nitrogen and oxygen atoms in total. The molecule has 1 aromatic carbocycles. The number of fused-ring (bicyclic) bond motifs is 1. The zero-order valence-electron chi connectivity index (χ0n) is 10.7. The summed E-state index contributed by atoms with van der Waals surface area (Å²) in [6, 6.07) is 6.37. The summed E-state index contributed by atoms with van der Waals surface area (Å²) in [5, 5.41) is 13.3. The van der Waals surface area contributed by atoms with Crippen LogP contribution in [0.15, 0.2) is 18.2 Å². The predicted octanol–water partition coefficient (Wildman–Crippen LogP) is 2.14. The Morgan fingerprint density at radius 2 is 2.24 bits per heavy atom. The SMILES string of the molecule is CC(C)NCCCN1CCc2cccc(O)c21. The van der Waals surface area contributed by atoms with Gasteiger partial charge in [-0.1, -0.05) is 26.0 Å². The van der Waals surface area contributed by atoms with Gasteiger partial charge in [-0.15, -0.1) is 0 Å². The van der Waals surface area contributed by atoms with Gasteiger partial charge in [0, 0.05) is 19.1 Å². The fourth-order valence-electron chi connectivity index (χ4n) is 2.40. The van der Waals surface area contributed by atoms with Crippen LogP contribution < -0.4 is 10.2 Å². The van der Waals surface area contributed by atoms with Crippen LogP contribution in [0.2, 0.25) is 0 Å². The van der Waals surface area contributed by atoms with Crippen molar-refractivity contribution in [2.75, 3.05) is 24.5 Å². The van der Waals surface area contributed by atoms with E-state index in [0.717, 1.165) is 38.2 Å². The number of hydrogen-bond acceptors (Lipinski definition) is 3. The Kier molecular flexibility index (Phi) is 3.89. The van der Waals surface area contributed by atoms with E-state index >= 15 is 0 Å². The summed E-state index contributed by atoms with van der Waals surface area (Å²) in [5.41, 5.74) is 2.33. The van der Waals surface area contributed by atoms with Crippen LogP contribution in [-0.2, 0) is 6.42 Å². The Bertz CT molecular complexity index is 376. The fourth-order valence-corrected chi connectivity index (χ4v) is 2.40. The van der Waals surface area contributed by atoms with E-state index in [-0.39, 0.29) is 0 Å². The van der Waals surface area contributed by atoms with E-state index in [4.69, 9.17) is 0 Å². The molecule has 0 fully saturated rings. The van der Waals surface area contributed by atoms with Crippen molar-refractivity contribution in [1.29, 1.82) is 0 Å². The quantitative estimate of drug-likeness (QED) is 0.766. The maximum Gasteiger partial charge on any atom is 0.139 e. The van der Waals surface area contributed by atoms with Gasteiger partial charge in [0.25, 0.3) is 0 Å². The van der Waals surface area contributed by atoms with Crippen LogP contribution in [0.1, 0.15) is 25.8 Å². The molecule has 0 spiro atoms. The van der Waals surface area contributed by atoms with E-state index in [9.17, 15) is 5.11 Å². The molecule has 0 bridgehead atoms. The first kappa shape index (κ1) is 12.2. The Balaban J connectivity index is 1.89. The lowest BCUT2D eigenvalue weighted by Crippen LogP contribution is -2.28. The number of anilines is 1. The third-order valence-electron chi connectivity index (χ3n) is 3.22. The molecule has 0 amide bonds. The molecule has 0 aliphatic carbocycles. The zero-order valence-corrected chi connectivity index (χ0v) is 10.7. The fraction of sp³-hybridized carbons (Fsp3) is 0.571. The third-order valence-corrected chi connectivity index (χ3v) is 3.22. The maximum absolute atomic E-state index is 9.89. The molecule has 1 aliphatic heterocycles. The van der Waals surface area contributed by atoms with Crippen molar-refractivity contribution in [3.8, 4) is 5.75 Å². The number of phenolic OH excluding ortho intramolecular Hbond substituents is 1. The first-order valence-corrected chi connectivity index (χ1v) is 6.47. The summed E-state index contributed by atoms with van der Waals surface area (Å²) in [5.74, 6) is 0.428. The highest BCUT2D eigenvalue weighted by Crippen LogP contribution is 2.35. The monoisotopic (exact) mass is 234 g/mol. The predicted molar refractivity (Wildman–Crippen MR) is 71.8 cm³/mol. The summed E-state index contributed by atoms with van der Waals surface area (Å²) < 4.78 is 0. The van der Waals surface area contributed by atoms with Gasteiger partial charge < -0.3 is 15.3 Å². The maximum atomic E-state index is 9.89. The molecule has 0 saturated carbocycles. The van der Waals surface area contributed by atoms with Gasteiger partial charge in [-0.25, -0.2) is 0 Å². The Morgan fingerprint density at radius 3 is 3.00 bits per heavy atom. The van der Waals surface area contributed by atoms with Crippen LogP contribution in [0, 0.1) is 0 Å². The number of hydrogen-bond donors (Lipinski definition) is 2. The van der Waals surface area contributed by atoms with Gasteiger partial charge in [0.1, 0.15) is 5.75 Å². The Labute approximate surface area is 103 Å². The topological polar surface area (TPSA) is 35.5 Å². The van der Waals surface area contributed by atoms with Gasteiger partial charge in [0.15, 0.2) is 0 Å². The molecule has 0 aromatic heterocycles. The number of aromatic hydroxyl groups is 1. The first-order valence-electron chi connectivity index (χ1n) is 6.47. The summed E-state index contributed by atoms with van der Waals surface area (Å²) in [6.07, 6.45) is 2.17. The van der Waals surface area contributed by atoms with E-state index in [0.29, 0.717) is 11.8 Å². The minimum absolute atomic E-state index is 0.428. The van der Waals surface area contributed by atoms with Crippen molar-refractivity contribution in [3.63, 3.8) is 0 Å². The number of nitrogens with zero attached hydrogens (tertiary/aromatic N) is 1. The van der Waals surface area contributed by atoms with E-state index < -0.39 is 0 Å².